The van der Waals surface area contributed by atoms with Crippen LogP contribution in [0.5, 0.6) is 0 Å². The number of nitrogens with one attached hydrogen (secondary N) is 1. The van der Waals surface area contributed by atoms with Crippen LogP contribution in [0.4, 0.5) is 4.39 Å². The van der Waals surface area contributed by atoms with Gasteiger partial charge in [-0.1, -0.05) is 18.2 Å². The van der Waals surface area contributed by atoms with E-state index in [0.717, 1.165) is 16.5 Å². The van der Waals surface area contributed by atoms with Gasteiger partial charge in [-0.3, -0.25) is 9.59 Å². The van der Waals surface area contributed by atoms with E-state index in [0.29, 0.717) is 44.6 Å². The lowest BCUT2D eigenvalue weighted by atomic mass is 10.1. The highest BCUT2D eigenvalue weighted by Crippen LogP contribution is 2.19. The predicted molar refractivity (Wildman–Crippen MR) is 106 cm³/mol. The fourth-order valence-corrected chi connectivity index (χ4v) is 3.67. The summed E-state index contributed by atoms with van der Waals surface area (Å²) in [6, 6.07) is 13.6. The van der Waals surface area contributed by atoms with Crippen LogP contribution in [0.2, 0.25) is 0 Å². The predicted octanol–water partition coefficient (Wildman–Crippen LogP) is 3.22. The Kier molecular flexibility index (Phi) is 5.10. The molecule has 0 spiro atoms. The van der Waals surface area contributed by atoms with Crippen LogP contribution < -0.4 is 0 Å². The molecule has 2 heterocycles. The number of carbonyl (C=O) groups excluding carboxylic acids is 2. The zero-order valence-corrected chi connectivity index (χ0v) is 15.5. The first kappa shape index (κ1) is 18.2. The lowest BCUT2D eigenvalue weighted by Crippen LogP contribution is -2.50. The second-order valence-corrected chi connectivity index (χ2v) is 7.04. The summed E-state index contributed by atoms with van der Waals surface area (Å²) in [5.74, 6) is -0.368. The van der Waals surface area contributed by atoms with Crippen LogP contribution in [-0.4, -0.2) is 52.8 Å². The zero-order valence-electron chi connectivity index (χ0n) is 15.5. The topological polar surface area (TPSA) is 56.4 Å². The number of para-hydroxylation sites is 1. The Morgan fingerprint density at radius 1 is 0.929 bits per heavy atom. The first-order valence-electron chi connectivity index (χ1n) is 9.49. The first-order valence-corrected chi connectivity index (χ1v) is 9.49. The molecule has 1 fully saturated rings. The number of H-pyrrole nitrogens is 1. The van der Waals surface area contributed by atoms with Crippen molar-refractivity contribution < 1.29 is 14.0 Å². The number of rotatable bonds is 4. The highest BCUT2D eigenvalue weighted by atomic mass is 19.1. The number of halogens is 1. The second-order valence-electron chi connectivity index (χ2n) is 7.04. The third kappa shape index (κ3) is 3.76. The van der Waals surface area contributed by atoms with Gasteiger partial charge in [0.15, 0.2) is 0 Å². The molecule has 0 atom stereocenters. The number of amides is 2. The zero-order chi connectivity index (χ0) is 19.5. The molecule has 0 saturated carbocycles. The summed E-state index contributed by atoms with van der Waals surface area (Å²) in [7, 11) is 0. The van der Waals surface area contributed by atoms with Crippen molar-refractivity contribution in [3.63, 3.8) is 0 Å². The van der Waals surface area contributed by atoms with Crippen molar-refractivity contribution in [2.45, 2.75) is 12.8 Å². The van der Waals surface area contributed by atoms with Crippen molar-refractivity contribution in [2.24, 2.45) is 0 Å². The van der Waals surface area contributed by atoms with E-state index < -0.39 is 0 Å². The van der Waals surface area contributed by atoms with Crippen molar-refractivity contribution >= 4 is 22.7 Å². The molecule has 28 heavy (non-hydrogen) atoms. The van der Waals surface area contributed by atoms with E-state index in [1.165, 1.54) is 24.3 Å². The summed E-state index contributed by atoms with van der Waals surface area (Å²) in [4.78, 5) is 31.9. The molecule has 2 amide bonds. The third-order valence-corrected chi connectivity index (χ3v) is 5.29. The minimum atomic E-state index is -0.359. The Balaban J connectivity index is 1.30. The van der Waals surface area contributed by atoms with Gasteiger partial charge in [-0.15, -0.1) is 0 Å². The summed E-state index contributed by atoms with van der Waals surface area (Å²) in [5.41, 5.74) is 2.70. The highest BCUT2D eigenvalue weighted by molar-refractivity contribution is 5.94. The largest absolute Gasteiger partial charge is 0.361 e. The molecule has 0 aliphatic carbocycles. The molecule has 0 bridgehead atoms. The summed E-state index contributed by atoms with van der Waals surface area (Å²) in [6.45, 7) is 2.05. The monoisotopic (exact) mass is 379 g/mol. The standard InChI is InChI=1S/C22H22FN3O2/c23-18-8-5-16(6-9-18)22(28)26-13-11-25(12-14-26)21(27)10-7-17-15-24-20-4-2-1-3-19(17)20/h1-6,8-9,15,24H,7,10-14H2. The van der Waals surface area contributed by atoms with Gasteiger partial charge in [-0.25, -0.2) is 4.39 Å². The highest BCUT2D eigenvalue weighted by Gasteiger charge is 2.24. The fraction of sp³-hybridized carbons (Fsp3) is 0.273. The van der Waals surface area contributed by atoms with E-state index in [1.54, 1.807) is 4.90 Å². The van der Waals surface area contributed by atoms with Gasteiger partial charge in [0.1, 0.15) is 5.82 Å². The molecule has 2 aromatic carbocycles. The minimum absolute atomic E-state index is 0.110. The van der Waals surface area contributed by atoms with Gasteiger partial charge in [-0.2, -0.15) is 0 Å². The average Bonchev–Trinajstić information content (AvgIpc) is 3.15. The lowest BCUT2D eigenvalue weighted by molar-refractivity contribution is -0.132. The number of hydrogen-bond donors (Lipinski definition) is 1. The van der Waals surface area contributed by atoms with E-state index in [1.807, 2.05) is 29.3 Å². The van der Waals surface area contributed by atoms with Crippen LogP contribution >= 0.6 is 0 Å². The summed E-state index contributed by atoms with van der Waals surface area (Å²) in [5, 5.41) is 1.16. The van der Waals surface area contributed by atoms with Gasteiger partial charge in [0.2, 0.25) is 5.91 Å². The maximum atomic E-state index is 13.0. The molecular weight excluding hydrogens is 357 g/mol. The van der Waals surface area contributed by atoms with Crippen LogP contribution in [0.3, 0.4) is 0 Å². The summed E-state index contributed by atoms with van der Waals surface area (Å²) < 4.78 is 13.0. The molecule has 0 unspecified atom stereocenters. The van der Waals surface area contributed by atoms with Gasteiger partial charge in [-0.05, 0) is 42.3 Å². The van der Waals surface area contributed by atoms with Gasteiger partial charge < -0.3 is 14.8 Å². The number of nitrogens with zero attached hydrogens (tertiary/aromatic N) is 2. The van der Waals surface area contributed by atoms with Crippen molar-refractivity contribution in [1.29, 1.82) is 0 Å². The van der Waals surface area contributed by atoms with Gasteiger partial charge in [0.05, 0.1) is 0 Å². The average molecular weight is 379 g/mol. The molecule has 4 rings (SSSR count). The van der Waals surface area contributed by atoms with Gasteiger partial charge in [0, 0.05) is 55.3 Å². The Hall–Kier alpha value is -3.15. The number of piperazine rings is 1. The Morgan fingerprint density at radius 3 is 2.36 bits per heavy atom. The first-order chi connectivity index (χ1) is 13.6. The normalized spacial score (nSPS) is 14.5. The van der Waals surface area contributed by atoms with Crippen molar-refractivity contribution in [1.82, 2.24) is 14.8 Å². The number of fused-ring (bicyclic) bond motifs is 1. The molecular formula is C22H22FN3O2. The molecule has 0 radical (unpaired) electrons. The van der Waals surface area contributed by atoms with E-state index >= 15 is 0 Å². The molecule has 1 aliphatic heterocycles. The minimum Gasteiger partial charge on any atom is -0.361 e. The second kappa shape index (κ2) is 7.84. The number of benzene rings is 2. The van der Waals surface area contributed by atoms with Crippen molar-refractivity contribution in [2.75, 3.05) is 26.2 Å². The molecule has 5 nitrogen and oxygen atoms in total. The van der Waals surface area contributed by atoms with Crippen molar-refractivity contribution in [3.05, 3.63) is 71.7 Å². The number of aromatic nitrogens is 1. The van der Waals surface area contributed by atoms with E-state index in [-0.39, 0.29) is 17.6 Å². The fourth-order valence-electron chi connectivity index (χ4n) is 3.67. The van der Waals surface area contributed by atoms with Crippen LogP contribution in [0.1, 0.15) is 22.3 Å². The number of hydrogen-bond acceptors (Lipinski definition) is 2. The molecule has 1 saturated heterocycles. The molecule has 144 valence electrons. The molecule has 1 aromatic heterocycles. The van der Waals surface area contributed by atoms with Gasteiger partial charge >= 0.3 is 0 Å². The molecule has 1 aliphatic rings. The number of carbonyl (C=O) groups is 2. The van der Waals surface area contributed by atoms with Crippen molar-refractivity contribution in [3.8, 4) is 0 Å². The van der Waals surface area contributed by atoms with Crippen LogP contribution in [-0.2, 0) is 11.2 Å². The van der Waals surface area contributed by atoms with E-state index in [4.69, 9.17) is 0 Å². The Bertz CT molecular complexity index is 988. The molecule has 6 heteroatoms. The number of aryl methyl sites for hydroxylation is 1. The van der Waals surface area contributed by atoms with E-state index in [2.05, 4.69) is 11.1 Å². The van der Waals surface area contributed by atoms with E-state index in [9.17, 15) is 14.0 Å². The lowest BCUT2D eigenvalue weighted by Gasteiger charge is -2.35. The van der Waals surface area contributed by atoms with Crippen LogP contribution in [0.15, 0.2) is 54.7 Å². The van der Waals surface area contributed by atoms with Crippen LogP contribution in [0, 0.1) is 5.82 Å². The van der Waals surface area contributed by atoms with Gasteiger partial charge in [0.25, 0.3) is 5.91 Å². The Labute approximate surface area is 162 Å². The summed E-state index contributed by atoms with van der Waals surface area (Å²) >= 11 is 0. The third-order valence-electron chi connectivity index (χ3n) is 5.29. The smallest absolute Gasteiger partial charge is 0.253 e. The Morgan fingerprint density at radius 2 is 1.61 bits per heavy atom. The SMILES string of the molecule is O=C(CCc1c[nH]c2ccccc12)N1CCN(C(=O)c2ccc(F)cc2)CC1. The maximum Gasteiger partial charge on any atom is 0.253 e. The summed E-state index contributed by atoms with van der Waals surface area (Å²) in [6.07, 6.45) is 3.11. The molecule has 3 aromatic rings. The number of aromatic amines is 1. The quantitative estimate of drug-likeness (QED) is 0.757. The maximum absolute atomic E-state index is 13.0. The molecule has 1 N–H and O–H groups in total. The van der Waals surface area contributed by atoms with Crippen LogP contribution in [0.25, 0.3) is 10.9 Å².